The number of H-pyrrole nitrogens is 1. The van der Waals surface area contributed by atoms with Crippen LogP contribution in [-0.2, 0) is 11.8 Å². The quantitative estimate of drug-likeness (QED) is 0.559. The highest BCUT2D eigenvalue weighted by molar-refractivity contribution is 6.07. The van der Waals surface area contributed by atoms with E-state index < -0.39 is 0 Å². The number of nitrogens with zero attached hydrogens (tertiary/aromatic N) is 2. The normalized spacial score (nSPS) is 14.5. The van der Waals surface area contributed by atoms with Gasteiger partial charge in [-0.3, -0.25) is 14.2 Å². The summed E-state index contributed by atoms with van der Waals surface area (Å²) < 4.78 is 6.99. The second-order valence-corrected chi connectivity index (χ2v) is 7.84. The molecule has 1 saturated heterocycles. The van der Waals surface area contributed by atoms with E-state index in [2.05, 4.69) is 24.0 Å². The summed E-state index contributed by atoms with van der Waals surface area (Å²) in [4.78, 5) is 31.2. The highest BCUT2D eigenvalue weighted by atomic mass is 16.5. The molecule has 30 heavy (non-hydrogen) atoms. The molecule has 1 aliphatic heterocycles. The summed E-state index contributed by atoms with van der Waals surface area (Å²) >= 11 is 0. The van der Waals surface area contributed by atoms with Crippen molar-refractivity contribution in [1.82, 2.24) is 14.5 Å². The minimum Gasteiger partial charge on any atom is -0.378 e. The van der Waals surface area contributed by atoms with Crippen molar-refractivity contribution in [3.63, 3.8) is 0 Å². The van der Waals surface area contributed by atoms with E-state index >= 15 is 0 Å². The molecule has 1 amide bonds. The van der Waals surface area contributed by atoms with Gasteiger partial charge in [-0.1, -0.05) is 23.8 Å². The lowest BCUT2D eigenvalue weighted by molar-refractivity contribution is 0.0303. The first-order chi connectivity index (χ1) is 14.5. The van der Waals surface area contributed by atoms with Crippen LogP contribution in [0.5, 0.6) is 0 Å². The smallest absolute Gasteiger partial charge is 0.259 e. The molecule has 0 aliphatic carbocycles. The molecule has 6 heteroatoms. The van der Waals surface area contributed by atoms with Gasteiger partial charge in [-0.2, -0.15) is 0 Å². The van der Waals surface area contributed by atoms with Gasteiger partial charge in [0.05, 0.1) is 13.2 Å². The number of aromatic nitrogens is 2. The second kappa shape index (κ2) is 7.15. The van der Waals surface area contributed by atoms with Gasteiger partial charge in [0, 0.05) is 47.6 Å². The molecule has 1 fully saturated rings. The van der Waals surface area contributed by atoms with E-state index in [1.165, 1.54) is 0 Å². The molecule has 3 heterocycles. The number of fused-ring (bicyclic) bond motifs is 3. The first-order valence-electron chi connectivity index (χ1n) is 10.1. The number of carbonyl (C=O) groups is 1. The molecule has 0 radical (unpaired) electrons. The summed E-state index contributed by atoms with van der Waals surface area (Å²) in [5.74, 6) is -0.0271. The number of aryl methyl sites for hydroxylation is 2. The summed E-state index contributed by atoms with van der Waals surface area (Å²) in [5, 5.41) is 2.08. The zero-order chi connectivity index (χ0) is 20.8. The Morgan fingerprint density at radius 3 is 2.63 bits per heavy atom. The van der Waals surface area contributed by atoms with Gasteiger partial charge in [0.25, 0.3) is 11.5 Å². The van der Waals surface area contributed by atoms with Crippen LogP contribution in [0.1, 0.15) is 15.9 Å². The fourth-order valence-electron chi connectivity index (χ4n) is 4.19. The third-order valence-electron chi connectivity index (χ3n) is 5.85. The zero-order valence-corrected chi connectivity index (χ0v) is 17.1. The van der Waals surface area contributed by atoms with E-state index in [9.17, 15) is 9.59 Å². The molecule has 2 aromatic carbocycles. The molecule has 1 aliphatic rings. The highest BCUT2D eigenvalue weighted by Crippen LogP contribution is 2.29. The molecule has 1 N–H and O–H groups in total. The maximum Gasteiger partial charge on any atom is 0.259 e. The SMILES string of the molecule is Cc1ccc2[nH]c3c(cc(-c4cccc(C(=O)N5CCOCC5)c4)c(=O)n3C)c2c1. The third-order valence-corrected chi connectivity index (χ3v) is 5.85. The van der Waals surface area contributed by atoms with Crippen LogP contribution in [0.3, 0.4) is 0 Å². The van der Waals surface area contributed by atoms with Crippen molar-refractivity contribution in [2.45, 2.75) is 6.92 Å². The monoisotopic (exact) mass is 401 g/mol. The van der Waals surface area contributed by atoms with Crippen molar-refractivity contribution in [3.05, 3.63) is 70.0 Å². The molecule has 152 valence electrons. The molecule has 5 rings (SSSR count). The topological polar surface area (TPSA) is 67.3 Å². The van der Waals surface area contributed by atoms with Crippen LogP contribution in [0.25, 0.3) is 33.1 Å². The number of hydrogen-bond donors (Lipinski definition) is 1. The Kier molecular flexibility index (Phi) is 4.44. The van der Waals surface area contributed by atoms with Crippen LogP contribution < -0.4 is 5.56 Å². The Morgan fingerprint density at radius 1 is 1.03 bits per heavy atom. The molecule has 0 saturated carbocycles. The van der Waals surface area contributed by atoms with Crippen molar-refractivity contribution >= 4 is 27.8 Å². The van der Waals surface area contributed by atoms with Gasteiger partial charge in [-0.15, -0.1) is 0 Å². The lowest BCUT2D eigenvalue weighted by Gasteiger charge is -2.27. The lowest BCUT2D eigenvalue weighted by Crippen LogP contribution is -2.40. The Hall–Kier alpha value is -3.38. The first kappa shape index (κ1) is 18.6. The second-order valence-electron chi connectivity index (χ2n) is 7.84. The number of morpholine rings is 1. The summed E-state index contributed by atoms with van der Waals surface area (Å²) in [5.41, 5.74) is 4.79. The molecular weight excluding hydrogens is 378 g/mol. The number of rotatable bonds is 2. The van der Waals surface area contributed by atoms with Crippen molar-refractivity contribution in [1.29, 1.82) is 0 Å². The lowest BCUT2D eigenvalue weighted by atomic mass is 10.0. The predicted molar refractivity (Wildman–Crippen MR) is 118 cm³/mol. The number of amides is 1. The van der Waals surface area contributed by atoms with Crippen molar-refractivity contribution in [2.75, 3.05) is 26.3 Å². The zero-order valence-electron chi connectivity index (χ0n) is 17.1. The van der Waals surface area contributed by atoms with Gasteiger partial charge in [0.1, 0.15) is 5.65 Å². The van der Waals surface area contributed by atoms with Crippen molar-refractivity contribution in [3.8, 4) is 11.1 Å². The number of ether oxygens (including phenoxy) is 1. The van der Waals surface area contributed by atoms with Crippen LogP contribution in [0, 0.1) is 6.92 Å². The first-order valence-corrected chi connectivity index (χ1v) is 10.1. The molecule has 0 bridgehead atoms. The Labute approximate surface area is 173 Å². The Morgan fingerprint density at radius 2 is 1.83 bits per heavy atom. The molecular formula is C24H23N3O3. The van der Waals surface area contributed by atoms with E-state index in [0.29, 0.717) is 37.4 Å². The van der Waals surface area contributed by atoms with Crippen LogP contribution >= 0.6 is 0 Å². The Bertz CT molecular complexity index is 1340. The fraction of sp³-hybridized carbons (Fsp3) is 0.250. The average Bonchev–Trinajstić information content (AvgIpc) is 3.14. The maximum atomic E-state index is 13.1. The third kappa shape index (κ3) is 3.00. The van der Waals surface area contributed by atoms with E-state index in [-0.39, 0.29) is 11.5 Å². The number of pyridine rings is 1. The van der Waals surface area contributed by atoms with Gasteiger partial charge in [0.2, 0.25) is 0 Å². The van der Waals surface area contributed by atoms with Crippen molar-refractivity contribution < 1.29 is 9.53 Å². The van der Waals surface area contributed by atoms with Gasteiger partial charge in [-0.05, 0) is 42.8 Å². The average molecular weight is 401 g/mol. The van der Waals surface area contributed by atoms with Gasteiger partial charge < -0.3 is 14.6 Å². The van der Waals surface area contributed by atoms with E-state index in [0.717, 1.165) is 33.1 Å². The summed E-state index contributed by atoms with van der Waals surface area (Å²) in [6.45, 7) is 4.35. The van der Waals surface area contributed by atoms with Gasteiger partial charge >= 0.3 is 0 Å². The summed E-state index contributed by atoms with van der Waals surface area (Å²) in [6.07, 6.45) is 0. The van der Waals surface area contributed by atoms with Gasteiger partial charge in [0.15, 0.2) is 0 Å². The molecule has 0 unspecified atom stereocenters. The molecule has 6 nitrogen and oxygen atoms in total. The van der Waals surface area contributed by atoms with Gasteiger partial charge in [-0.25, -0.2) is 0 Å². The standard InChI is InChI=1S/C24H23N3O3/c1-15-6-7-21-19(12-15)20-14-18(24(29)26(2)22(20)25-21)16-4-3-5-17(13-16)23(28)27-8-10-30-11-9-27/h3-7,12-14,25H,8-11H2,1-2H3. The van der Waals surface area contributed by atoms with Crippen LogP contribution in [0.15, 0.2) is 53.3 Å². The van der Waals surface area contributed by atoms with Crippen LogP contribution in [-0.4, -0.2) is 46.7 Å². The van der Waals surface area contributed by atoms with E-state index in [1.807, 2.05) is 30.3 Å². The number of aromatic amines is 1. The highest BCUT2D eigenvalue weighted by Gasteiger charge is 2.20. The van der Waals surface area contributed by atoms with Crippen LogP contribution in [0.2, 0.25) is 0 Å². The molecule has 2 aromatic heterocycles. The van der Waals surface area contributed by atoms with E-state index in [4.69, 9.17) is 4.74 Å². The van der Waals surface area contributed by atoms with E-state index in [1.54, 1.807) is 22.6 Å². The molecule has 4 aromatic rings. The minimum absolute atomic E-state index is 0.0271. The number of hydrogen-bond acceptors (Lipinski definition) is 3. The maximum absolute atomic E-state index is 13.1. The molecule has 0 atom stereocenters. The Balaban J connectivity index is 1.65. The number of nitrogens with one attached hydrogen (secondary N) is 1. The fourth-order valence-corrected chi connectivity index (χ4v) is 4.19. The molecule has 0 spiro atoms. The minimum atomic E-state index is -0.0956. The number of benzene rings is 2. The predicted octanol–water partition coefficient (Wildman–Crippen LogP) is 3.47. The van der Waals surface area contributed by atoms with Crippen LogP contribution in [0.4, 0.5) is 0 Å². The number of carbonyl (C=O) groups excluding carboxylic acids is 1. The van der Waals surface area contributed by atoms with Crippen molar-refractivity contribution in [2.24, 2.45) is 7.05 Å². The summed E-state index contributed by atoms with van der Waals surface area (Å²) in [6, 6.07) is 15.5. The summed E-state index contributed by atoms with van der Waals surface area (Å²) in [7, 11) is 1.78. The largest absolute Gasteiger partial charge is 0.378 e.